The highest BCUT2D eigenvalue weighted by atomic mass is 16.5. The Morgan fingerprint density at radius 1 is 1.15 bits per heavy atom. The zero-order valence-electron chi connectivity index (χ0n) is 19.3. The quantitative estimate of drug-likeness (QED) is 0.408. The van der Waals surface area contributed by atoms with Gasteiger partial charge in [0.25, 0.3) is 0 Å². The summed E-state index contributed by atoms with van der Waals surface area (Å²) < 4.78 is 5.82. The van der Waals surface area contributed by atoms with E-state index in [1.54, 1.807) is 11.0 Å². The molecule has 2 fully saturated rings. The number of Topliss-reactive ketones (excluding diaryl/α,β-unsaturated/α-hetero) is 1. The van der Waals surface area contributed by atoms with Crippen LogP contribution >= 0.6 is 0 Å². The minimum absolute atomic E-state index is 0.0474. The van der Waals surface area contributed by atoms with E-state index in [4.69, 9.17) is 20.2 Å². The zero-order valence-corrected chi connectivity index (χ0v) is 19.3. The number of hydrogen-bond acceptors (Lipinski definition) is 6. The highest BCUT2D eigenvalue weighted by Crippen LogP contribution is 2.39. The molecule has 8 heteroatoms. The first-order valence-electron chi connectivity index (χ1n) is 12.1. The number of hydrogen-bond donors (Lipinski definition) is 2. The smallest absolute Gasteiger partial charge is 0.303 e. The van der Waals surface area contributed by atoms with Gasteiger partial charge in [-0.15, -0.1) is 0 Å². The van der Waals surface area contributed by atoms with Crippen LogP contribution in [0.3, 0.4) is 0 Å². The average molecular weight is 463 g/mol. The molecule has 1 saturated carbocycles. The lowest BCUT2D eigenvalue weighted by Gasteiger charge is -2.21. The summed E-state index contributed by atoms with van der Waals surface area (Å²) in [6, 6.07) is 9.68. The van der Waals surface area contributed by atoms with E-state index < -0.39 is 5.97 Å². The second-order valence-corrected chi connectivity index (χ2v) is 9.40. The Labute approximate surface area is 199 Å². The molecule has 1 saturated heterocycles. The number of carboxylic acids is 1. The van der Waals surface area contributed by atoms with Crippen LogP contribution in [0.4, 0.5) is 5.69 Å². The summed E-state index contributed by atoms with van der Waals surface area (Å²) in [6.07, 6.45) is 5.01. The molecule has 2 aliphatic heterocycles. The van der Waals surface area contributed by atoms with Crippen molar-refractivity contribution in [3.8, 4) is 5.75 Å². The number of carboxylic acid groups (broad SMARTS) is 1. The van der Waals surface area contributed by atoms with Gasteiger partial charge in [0.15, 0.2) is 5.78 Å². The van der Waals surface area contributed by atoms with E-state index in [-0.39, 0.29) is 25.4 Å². The molecule has 1 aromatic carbocycles. The van der Waals surface area contributed by atoms with Gasteiger partial charge in [-0.25, -0.2) is 4.98 Å². The van der Waals surface area contributed by atoms with Gasteiger partial charge in [0.1, 0.15) is 17.3 Å². The molecule has 0 atom stereocenters. The van der Waals surface area contributed by atoms with Gasteiger partial charge >= 0.3 is 5.97 Å². The monoisotopic (exact) mass is 462 g/mol. The molecule has 0 unspecified atom stereocenters. The molecule has 0 bridgehead atoms. The van der Waals surface area contributed by atoms with Crippen molar-refractivity contribution in [3.63, 3.8) is 0 Å². The predicted octanol–water partition coefficient (Wildman–Crippen LogP) is 3.83. The number of anilines is 1. The van der Waals surface area contributed by atoms with E-state index in [2.05, 4.69) is 11.0 Å². The number of rotatable bonds is 10. The molecule has 0 radical (unpaired) electrons. The third kappa shape index (κ3) is 4.90. The Hall–Kier alpha value is -3.42. The second kappa shape index (κ2) is 9.44. The van der Waals surface area contributed by atoms with Crippen molar-refractivity contribution in [2.24, 2.45) is 0 Å². The maximum absolute atomic E-state index is 13.3. The first-order valence-corrected chi connectivity index (χ1v) is 12.1. The van der Waals surface area contributed by atoms with Crippen molar-refractivity contribution in [1.82, 2.24) is 9.88 Å². The highest BCUT2D eigenvalue weighted by molar-refractivity contribution is 6.04. The number of fused-ring (bicyclic) bond motifs is 1. The van der Waals surface area contributed by atoms with Gasteiger partial charge in [0.2, 0.25) is 0 Å². The van der Waals surface area contributed by atoms with Crippen LogP contribution in [0, 0.1) is 5.41 Å². The number of ketones is 1. The lowest BCUT2D eigenvalue weighted by molar-refractivity contribution is -0.137. The van der Waals surface area contributed by atoms with Crippen LogP contribution in [0.1, 0.15) is 71.8 Å². The number of carbonyl (C=O) groups is 2. The summed E-state index contributed by atoms with van der Waals surface area (Å²) in [5.41, 5.74) is 4.25. The number of aromatic nitrogens is 1. The van der Waals surface area contributed by atoms with Crippen LogP contribution in [-0.4, -0.2) is 58.8 Å². The van der Waals surface area contributed by atoms with E-state index in [9.17, 15) is 9.59 Å². The standard InChI is InChI=1S/C26H30N4O4/c27-26-25-18(7-8-22(28-25)17-5-6-17)15-30(26)16-23(31)19-12-20(29-9-1-2-10-29)14-21(13-19)34-11-3-4-24(32)33/h7-8,12-14,17,27H,1-6,9-11,15-16H2,(H,32,33). The molecular weight excluding hydrogens is 432 g/mol. The Kier molecular flexibility index (Phi) is 6.22. The van der Waals surface area contributed by atoms with Gasteiger partial charge in [-0.3, -0.25) is 15.0 Å². The lowest BCUT2D eigenvalue weighted by Crippen LogP contribution is -2.30. The predicted molar refractivity (Wildman–Crippen MR) is 128 cm³/mol. The maximum Gasteiger partial charge on any atom is 0.303 e. The number of amidine groups is 1. The van der Waals surface area contributed by atoms with Crippen molar-refractivity contribution in [2.75, 3.05) is 31.1 Å². The summed E-state index contributed by atoms with van der Waals surface area (Å²) in [5, 5.41) is 17.4. The SMILES string of the molecule is N=C1c2nc(C3CC3)ccc2CN1CC(=O)c1cc(OCCCC(=O)O)cc(N2CCCC2)c1. The van der Waals surface area contributed by atoms with Gasteiger partial charge in [0.05, 0.1) is 13.2 Å². The highest BCUT2D eigenvalue weighted by Gasteiger charge is 2.31. The third-order valence-electron chi connectivity index (χ3n) is 6.72. The fraction of sp³-hybridized carbons (Fsp3) is 0.462. The maximum atomic E-state index is 13.3. The number of nitrogens with one attached hydrogen (secondary N) is 1. The van der Waals surface area contributed by atoms with Gasteiger partial charge in [-0.05, 0) is 50.3 Å². The number of ether oxygens (including phenoxy) is 1. The third-order valence-corrected chi connectivity index (χ3v) is 6.72. The van der Waals surface area contributed by atoms with Crippen LogP contribution in [0.25, 0.3) is 0 Å². The molecule has 0 spiro atoms. The molecule has 1 aliphatic carbocycles. The van der Waals surface area contributed by atoms with Crippen molar-refractivity contribution >= 4 is 23.3 Å². The Bertz CT molecular complexity index is 1120. The molecule has 2 aromatic rings. The second-order valence-electron chi connectivity index (χ2n) is 9.40. The van der Waals surface area contributed by atoms with Gasteiger partial charge < -0.3 is 19.6 Å². The minimum Gasteiger partial charge on any atom is -0.493 e. The summed E-state index contributed by atoms with van der Waals surface area (Å²) in [4.78, 5) is 32.8. The molecule has 8 nitrogen and oxygen atoms in total. The summed E-state index contributed by atoms with van der Waals surface area (Å²) in [7, 11) is 0. The zero-order chi connectivity index (χ0) is 23.7. The minimum atomic E-state index is -0.849. The summed E-state index contributed by atoms with van der Waals surface area (Å²) in [5.74, 6) is 0.492. The van der Waals surface area contributed by atoms with E-state index in [0.717, 1.165) is 55.7 Å². The van der Waals surface area contributed by atoms with Crippen molar-refractivity contribution in [2.45, 2.75) is 51.0 Å². The topological polar surface area (TPSA) is 107 Å². The molecule has 0 amide bonds. The average Bonchev–Trinajstić information content (AvgIpc) is 3.44. The molecule has 34 heavy (non-hydrogen) atoms. The number of aliphatic carboxylic acids is 1. The number of benzene rings is 1. The lowest BCUT2D eigenvalue weighted by atomic mass is 10.1. The van der Waals surface area contributed by atoms with Crippen LogP contribution in [0.5, 0.6) is 5.75 Å². The van der Waals surface area contributed by atoms with Gasteiger partial charge in [-0.2, -0.15) is 0 Å². The molecule has 3 aliphatic rings. The number of pyridine rings is 1. The molecule has 2 N–H and O–H groups in total. The van der Waals surface area contributed by atoms with Gasteiger partial charge in [-0.1, -0.05) is 6.07 Å². The molecule has 5 rings (SSSR count). The van der Waals surface area contributed by atoms with Crippen molar-refractivity contribution < 1.29 is 19.4 Å². The van der Waals surface area contributed by atoms with Gasteiger partial charge in [0, 0.05) is 60.5 Å². The van der Waals surface area contributed by atoms with E-state index in [1.165, 1.54) is 0 Å². The normalized spacial score (nSPS) is 17.2. The number of carbonyl (C=O) groups excluding carboxylic acids is 1. The molecule has 3 heterocycles. The Balaban J connectivity index is 1.30. The molecular formula is C26H30N4O4. The van der Waals surface area contributed by atoms with Crippen molar-refractivity contribution in [1.29, 1.82) is 5.41 Å². The van der Waals surface area contributed by atoms with E-state index in [0.29, 0.717) is 41.7 Å². The van der Waals surface area contributed by atoms with Crippen LogP contribution < -0.4 is 9.64 Å². The summed E-state index contributed by atoms with van der Waals surface area (Å²) in [6.45, 7) is 2.79. The van der Waals surface area contributed by atoms with E-state index in [1.807, 2.05) is 18.2 Å². The van der Waals surface area contributed by atoms with E-state index >= 15 is 0 Å². The molecule has 1 aromatic heterocycles. The fourth-order valence-electron chi connectivity index (χ4n) is 4.68. The largest absolute Gasteiger partial charge is 0.493 e. The first-order chi connectivity index (χ1) is 16.5. The Morgan fingerprint density at radius 3 is 2.68 bits per heavy atom. The molecule has 178 valence electrons. The fourth-order valence-corrected chi connectivity index (χ4v) is 4.68. The first kappa shape index (κ1) is 22.4. The van der Waals surface area contributed by atoms with Crippen LogP contribution in [0.2, 0.25) is 0 Å². The number of nitrogens with zero attached hydrogens (tertiary/aromatic N) is 3. The van der Waals surface area contributed by atoms with Crippen LogP contribution in [0.15, 0.2) is 30.3 Å². The van der Waals surface area contributed by atoms with Crippen molar-refractivity contribution in [3.05, 3.63) is 52.8 Å². The summed E-state index contributed by atoms with van der Waals surface area (Å²) >= 11 is 0. The Morgan fingerprint density at radius 2 is 1.94 bits per heavy atom. The van der Waals surface area contributed by atoms with Crippen LogP contribution in [-0.2, 0) is 11.3 Å².